The minimum atomic E-state index is -0.252. The third-order valence-electron chi connectivity index (χ3n) is 4.51. The zero-order valence-electron chi connectivity index (χ0n) is 15.1. The van der Waals surface area contributed by atoms with Gasteiger partial charge in [-0.25, -0.2) is 0 Å². The third kappa shape index (κ3) is 3.55. The van der Waals surface area contributed by atoms with E-state index in [-0.39, 0.29) is 12.7 Å². The summed E-state index contributed by atoms with van der Waals surface area (Å²) >= 11 is 0. The van der Waals surface area contributed by atoms with Gasteiger partial charge >= 0.3 is 0 Å². The van der Waals surface area contributed by atoms with Gasteiger partial charge in [0.2, 0.25) is 6.79 Å². The Morgan fingerprint density at radius 3 is 2.70 bits per heavy atom. The molecule has 1 aliphatic rings. The molecule has 6 heteroatoms. The van der Waals surface area contributed by atoms with Crippen LogP contribution in [0.15, 0.2) is 54.7 Å². The van der Waals surface area contributed by atoms with E-state index >= 15 is 0 Å². The molecule has 2 N–H and O–H groups in total. The number of aromatic nitrogens is 1. The van der Waals surface area contributed by atoms with Crippen LogP contribution in [-0.2, 0) is 0 Å². The maximum atomic E-state index is 12.6. The van der Waals surface area contributed by atoms with Crippen molar-refractivity contribution in [1.29, 1.82) is 0 Å². The van der Waals surface area contributed by atoms with Gasteiger partial charge < -0.3 is 20.1 Å². The average molecular weight is 361 g/mol. The second-order valence-electron chi connectivity index (χ2n) is 6.32. The highest BCUT2D eigenvalue weighted by molar-refractivity contribution is 6.03. The highest BCUT2D eigenvalue weighted by atomic mass is 16.7. The summed E-state index contributed by atoms with van der Waals surface area (Å²) in [7, 11) is 0. The van der Waals surface area contributed by atoms with E-state index in [1.54, 1.807) is 18.3 Å². The van der Waals surface area contributed by atoms with Crippen LogP contribution in [0.5, 0.6) is 11.5 Å². The van der Waals surface area contributed by atoms with Crippen molar-refractivity contribution in [2.45, 2.75) is 13.8 Å². The topological polar surface area (TPSA) is 72.5 Å². The Labute approximate surface area is 157 Å². The summed E-state index contributed by atoms with van der Waals surface area (Å²) in [5.41, 5.74) is 4.89. The van der Waals surface area contributed by atoms with Crippen LogP contribution in [0.25, 0.3) is 0 Å². The number of amides is 1. The fourth-order valence-corrected chi connectivity index (χ4v) is 2.85. The molecule has 0 fully saturated rings. The van der Waals surface area contributed by atoms with Crippen LogP contribution in [0.3, 0.4) is 0 Å². The lowest BCUT2D eigenvalue weighted by Crippen LogP contribution is -2.14. The van der Waals surface area contributed by atoms with Crippen molar-refractivity contribution in [3.05, 3.63) is 71.5 Å². The summed E-state index contributed by atoms with van der Waals surface area (Å²) < 4.78 is 10.7. The highest BCUT2D eigenvalue weighted by Gasteiger charge is 2.14. The first-order chi connectivity index (χ1) is 13.1. The summed E-state index contributed by atoms with van der Waals surface area (Å²) in [5.74, 6) is 1.17. The molecule has 27 heavy (non-hydrogen) atoms. The van der Waals surface area contributed by atoms with Gasteiger partial charge in [0, 0.05) is 29.3 Å². The first-order valence-electron chi connectivity index (χ1n) is 8.60. The number of fused-ring (bicyclic) bond motifs is 1. The van der Waals surface area contributed by atoms with Crippen molar-refractivity contribution in [3.63, 3.8) is 0 Å². The van der Waals surface area contributed by atoms with Crippen LogP contribution in [0.4, 0.5) is 17.1 Å². The molecule has 1 aromatic heterocycles. The molecule has 0 unspecified atom stereocenters. The van der Waals surface area contributed by atoms with Crippen LogP contribution < -0.4 is 20.1 Å². The van der Waals surface area contributed by atoms with E-state index in [9.17, 15) is 4.79 Å². The van der Waals surface area contributed by atoms with Crippen LogP contribution in [0.2, 0.25) is 0 Å². The van der Waals surface area contributed by atoms with E-state index in [1.807, 2.05) is 50.2 Å². The van der Waals surface area contributed by atoms with Crippen molar-refractivity contribution in [2.24, 2.45) is 0 Å². The summed E-state index contributed by atoms with van der Waals surface area (Å²) in [4.78, 5) is 16.8. The van der Waals surface area contributed by atoms with E-state index in [1.165, 1.54) is 0 Å². The molecule has 6 nitrogen and oxygen atoms in total. The fourth-order valence-electron chi connectivity index (χ4n) is 2.85. The monoisotopic (exact) mass is 361 g/mol. The fraction of sp³-hybridized carbons (Fsp3) is 0.143. The Balaban J connectivity index is 1.52. The SMILES string of the molecule is Cc1cccc(NC(=O)c2cc(Nc3ccc4c(c3)OCO4)ccn2)c1C. The van der Waals surface area contributed by atoms with E-state index in [2.05, 4.69) is 15.6 Å². The first kappa shape index (κ1) is 16.9. The largest absolute Gasteiger partial charge is 0.454 e. The maximum Gasteiger partial charge on any atom is 0.274 e. The van der Waals surface area contributed by atoms with Crippen LogP contribution >= 0.6 is 0 Å². The molecule has 0 saturated carbocycles. The van der Waals surface area contributed by atoms with Gasteiger partial charge in [0.1, 0.15) is 5.69 Å². The molecule has 0 saturated heterocycles. The highest BCUT2D eigenvalue weighted by Crippen LogP contribution is 2.35. The van der Waals surface area contributed by atoms with Crippen molar-refractivity contribution in [1.82, 2.24) is 4.98 Å². The Bertz CT molecular complexity index is 1020. The van der Waals surface area contributed by atoms with E-state index in [0.717, 1.165) is 33.9 Å². The number of carbonyl (C=O) groups is 1. The molecule has 4 rings (SSSR count). The molecular formula is C21H19N3O3. The number of hydrogen-bond donors (Lipinski definition) is 2. The minimum absolute atomic E-state index is 0.233. The van der Waals surface area contributed by atoms with Gasteiger partial charge in [0.25, 0.3) is 5.91 Å². The van der Waals surface area contributed by atoms with Gasteiger partial charge in [-0.3, -0.25) is 9.78 Å². The molecule has 1 aliphatic heterocycles. The number of nitrogens with one attached hydrogen (secondary N) is 2. The van der Waals surface area contributed by atoms with Crippen LogP contribution in [-0.4, -0.2) is 17.7 Å². The number of anilines is 3. The smallest absolute Gasteiger partial charge is 0.274 e. The van der Waals surface area contributed by atoms with Gasteiger partial charge in [0.15, 0.2) is 11.5 Å². The van der Waals surface area contributed by atoms with Gasteiger partial charge in [-0.1, -0.05) is 12.1 Å². The lowest BCUT2D eigenvalue weighted by Gasteiger charge is -2.11. The first-order valence-corrected chi connectivity index (χ1v) is 8.60. The standard InChI is InChI=1S/C21H19N3O3/c1-13-4-3-5-17(14(13)2)24-21(25)18-10-16(8-9-22-18)23-15-6-7-19-20(11-15)27-12-26-19/h3-11H,12H2,1-2H3,(H,22,23)(H,24,25). The molecule has 0 bridgehead atoms. The molecule has 136 valence electrons. The van der Waals surface area contributed by atoms with E-state index < -0.39 is 0 Å². The Kier molecular flexibility index (Phi) is 4.38. The summed E-state index contributed by atoms with van der Waals surface area (Å²) in [5, 5.41) is 6.18. The molecule has 0 radical (unpaired) electrons. The molecule has 0 atom stereocenters. The zero-order valence-corrected chi connectivity index (χ0v) is 15.1. The summed E-state index contributed by atoms with van der Waals surface area (Å²) in [6.45, 7) is 4.23. The van der Waals surface area contributed by atoms with Crippen LogP contribution in [0.1, 0.15) is 21.6 Å². The quantitative estimate of drug-likeness (QED) is 0.719. The molecule has 0 spiro atoms. The number of aryl methyl sites for hydroxylation is 1. The molecule has 1 amide bonds. The number of pyridine rings is 1. The van der Waals surface area contributed by atoms with E-state index in [4.69, 9.17) is 9.47 Å². The number of hydrogen-bond acceptors (Lipinski definition) is 5. The van der Waals surface area contributed by atoms with E-state index in [0.29, 0.717) is 11.4 Å². The number of ether oxygens (including phenoxy) is 2. The van der Waals surface area contributed by atoms with Gasteiger partial charge in [-0.2, -0.15) is 0 Å². The predicted molar refractivity (Wildman–Crippen MR) is 104 cm³/mol. The second kappa shape index (κ2) is 6.99. The van der Waals surface area contributed by atoms with Crippen molar-refractivity contribution < 1.29 is 14.3 Å². The molecule has 3 aromatic rings. The lowest BCUT2D eigenvalue weighted by atomic mass is 10.1. The molecule has 2 heterocycles. The van der Waals surface area contributed by atoms with Gasteiger partial charge in [-0.15, -0.1) is 0 Å². The van der Waals surface area contributed by atoms with Crippen molar-refractivity contribution >= 4 is 23.0 Å². The summed E-state index contributed by atoms with van der Waals surface area (Å²) in [6, 6.07) is 14.9. The van der Waals surface area contributed by atoms with Crippen LogP contribution in [0, 0.1) is 13.8 Å². The van der Waals surface area contributed by atoms with Crippen molar-refractivity contribution in [2.75, 3.05) is 17.4 Å². The lowest BCUT2D eigenvalue weighted by molar-refractivity contribution is 0.102. The Hall–Kier alpha value is -3.54. The molecule has 2 aromatic carbocycles. The normalized spacial score (nSPS) is 11.9. The minimum Gasteiger partial charge on any atom is -0.454 e. The van der Waals surface area contributed by atoms with Gasteiger partial charge in [0.05, 0.1) is 0 Å². The number of rotatable bonds is 4. The summed E-state index contributed by atoms with van der Waals surface area (Å²) in [6.07, 6.45) is 1.60. The number of carbonyl (C=O) groups excluding carboxylic acids is 1. The molecule has 0 aliphatic carbocycles. The Morgan fingerprint density at radius 1 is 1.00 bits per heavy atom. The second-order valence-corrected chi connectivity index (χ2v) is 6.32. The Morgan fingerprint density at radius 2 is 1.81 bits per heavy atom. The molecular weight excluding hydrogens is 342 g/mol. The maximum absolute atomic E-state index is 12.6. The van der Waals surface area contributed by atoms with Gasteiger partial charge in [-0.05, 0) is 55.3 Å². The number of benzene rings is 2. The zero-order chi connectivity index (χ0) is 18.8. The average Bonchev–Trinajstić information content (AvgIpc) is 3.13. The predicted octanol–water partition coefficient (Wildman–Crippen LogP) is 4.42. The number of nitrogens with zero attached hydrogens (tertiary/aromatic N) is 1. The van der Waals surface area contributed by atoms with Crippen molar-refractivity contribution in [3.8, 4) is 11.5 Å². The third-order valence-corrected chi connectivity index (χ3v) is 4.51.